The molecule has 0 spiro atoms. The SMILES string of the molecule is CCCS(=O)(=O)N1CCC(c2nc(C(=O)Nc3ccccc3-c3ccc(C)cc3)cs2)CC1. The number of hydrogen-bond donors (Lipinski definition) is 1. The number of aromatic nitrogens is 1. The molecule has 0 radical (unpaired) electrons. The number of sulfonamides is 1. The molecule has 2 heterocycles. The highest BCUT2D eigenvalue weighted by Crippen LogP contribution is 2.32. The molecule has 0 saturated carbocycles. The highest BCUT2D eigenvalue weighted by Gasteiger charge is 2.29. The molecule has 1 saturated heterocycles. The van der Waals surface area contributed by atoms with Gasteiger partial charge in [-0.15, -0.1) is 11.3 Å². The van der Waals surface area contributed by atoms with E-state index in [-0.39, 0.29) is 17.6 Å². The van der Waals surface area contributed by atoms with E-state index in [0.717, 1.165) is 34.7 Å². The maximum absolute atomic E-state index is 12.9. The first-order valence-electron chi connectivity index (χ1n) is 11.3. The molecule has 4 rings (SSSR count). The van der Waals surface area contributed by atoms with Crippen LogP contribution in [-0.2, 0) is 10.0 Å². The van der Waals surface area contributed by atoms with E-state index in [0.29, 0.717) is 25.2 Å². The number of nitrogens with one attached hydrogen (secondary N) is 1. The second-order valence-electron chi connectivity index (χ2n) is 8.43. The van der Waals surface area contributed by atoms with Crippen molar-refractivity contribution in [3.63, 3.8) is 0 Å². The Labute approximate surface area is 199 Å². The van der Waals surface area contributed by atoms with E-state index in [1.807, 2.05) is 50.2 Å². The Hall–Kier alpha value is -2.55. The molecule has 1 aliphatic rings. The smallest absolute Gasteiger partial charge is 0.275 e. The predicted molar refractivity (Wildman–Crippen MR) is 134 cm³/mol. The van der Waals surface area contributed by atoms with Crippen molar-refractivity contribution in [3.05, 3.63) is 70.2 Å². The first-order chi connectivity index (χ1) is 15.9. The molecule has 6 nitrogen and oxygen atoms in total. The van der Waals surface area contributed by atoms with Crippen molar-refractivity contribution >= 4 is 33.0 Å². The molecule has 1 fully saturated rings. The van der Waals surface area contributed by atoms with Crippen LogP contribution < -0.4 is 5.32 Å². The fraction of sp³-hybridized carbons (Fsp3) is 0.360. The number of para-hydroxylation sites is 1. The van der Waals surface area contributed by atoms with E-state index in [9.17, 15) is 13.2 Å². The summed E-state index contributed by atoms with van der Waals surface area (Å²) in [5, 5.41) is 5.71. The van der Waals surface area contributed by atoms with E-state index < -0.39 is 10.0 Å². The Kier molecular flexibility index (Phi) is 7.26. The third-order valence-electron chi connectivity index (χ3n) is 5.95. The summed E-state index contributed by atoms with van der Waals surface area (Å²) in [6.07, 6.45) is 2.09. The second-order valence-corrected chi connectivity index (χ2v) is 11.4. The number of nitrogens with zero attached hydrogens (tertiary/aromatic N) is 2. The third-order valence-corrected chi connectivity index (χ3v) is 9.03. The topological polar surface area (TPSA) is 79.4 Å². The largest absolute Gasteiger partial charge is 0.320 e. The number of carbonyl (C=O) groups excluding carboxylic acids is 1. The minimum atomic E-state index is -3.16. The number of aryl methyl sites for hydroxylation is 1. The zero-order valence-corrected chi connectivity index (χ0v) is 20.6. The zero-order chi connectivity index (χ0) is 23.4. The first kappa shape index (κ1) is 23.6. The lowest BCUT2D eigenvalue weighted by molar-refractivity contribution is 0.102. The van der Waals surface area contributed by atoms with Crippen molar-refractivity contribution in [2.75, 3.05) is 24.2 Å². The Morgan fingerprint density at radius 3 is 2.52 bits per heavy atom. The molecule has 0 atom stereocenters. The average Bonchev–Trinajstić information content (AvgIpc) is 3.31. The van der Waals surface area contributed by atoms with E-state index in [4.69, 9.17) is 0 Å². The molecule has 174 valence electrons. The molecule has 1 N–H and O–H groups in total. The normalized spacial score (nSPS) is 15.5. The molecular formula is C25H29N3O3S2. The number of carbonyl (C=O) groups is 1. The van der Waals surface area contributed by atoms with Gasteiger partial charge in [-0.2, -0.15) is 0 Å². The van der Waals surface area contributed by atoms with Crippen LogP contribution >= 0.6 is 11.3 Å². The van der Waals surface area contributed by atoms with Crippen molar-refractivity contribution in [3.8, 4) is 11.1 Å². The maximum Gasteiger partial charge on any atom is 0.275 e. The van der Waals surface area contributed by atoms with Crippen LogP contribution in [0.3, 0.4) is 0 Å². The van der Waals surface area contributed by atoms with Crippen LogP contribution in [0.5, 0.6) is 0 Å². The van der Waals surface area contributed by atoms with Gasteiger partial charge in [0, 0.05) is 35.6 Å². The number of thiazole rings is 1. The number of piperidine rings is 1. The molecule has 8 heteroatoms. The molecule has 1 aromatic heterocycles. The summed E-state index contributed by atoms with van der Waals surface area (Å²) in [7, 11) is -3.16. The van der Waals surface area contributed by atoms with Gasteiger partial charge in [-0.1, -0.05) is 55.0 Å². The summed E-state index contributed by atoms with van der Waals surface area (Å²) in [5.41, 5.74) is 4.33. The van der Waals surface area contributed by atoms with Gasteiger partial charge in [0.2, 0.25) is 10.0 Å². The van der Waals surface area contributed by atoms with E-state index in [2.05, 4.69) is 22.4 Å². The Morgan fingerprint density at radius 1 is 1.12 bits per heavy atom. The molecule has 3 aromatic rings. The molecule has 1 aliphatic heterocycles. The van der Waals surface area contributed by atoms with Gasteiger partial charge in [0.25, 0.3) is 5.91 Å². The molecule has 0 bridgehead atoms. The van der Waals surface area contributed by atoms with Crippen molar-refractivity contribution in [1.82, 2.24) is 9.29 Å². The van der Waals surface area contributed by atoms with Gasteiger partial charge in [-0.05, 0) is 37.8 Å². The summed E-state index contributed by atoms with van der Waals surface area (Å²) < 4.78 is 26.2. The van der Waals surface area contributed by atoms with Crippen LogP contribution in [0.4, 0.5) is 5.69 Å². The lowest BCUT2D eigenvalue weighted by Gasteiger charge is -2.30. The van der Waals surface area contributed by atoms with Crippen molar-refractivity contribution in [2.45, 2.75) is 39.0 Å². The highest BCUT2D eigenvalue weighted by molar-refractivity contribution is 7.89. The molecule has 33 heavy (non-hydrogen) atoms. The maximum atomic E-state index is 12.9. The molecule has 0 aliphatic carbocycles. The lowest BCUT2D eigenvalue weighted by atomic mass is 9.99. The van der Waals surface area contributed by atoms with Crippen molar-refractivity contribution in [2.24, 2.45) is 0 Å². The fourth-order valence-corrected chi connectivity index (χ4v) is 6.62. The van der Waals surface area contributed by atoms with E-state index in [1.54, 1.807) is 9.69 Å². The van der Waals surface area contributed by atoms with E-state index >= 15 is 0 Å². The molecule has 0 unspecified atom stereocenters. The van der Waals surface area contributed by atoms with Crippen LogP contribution in [0, 0.1) is 6.92 Å². The van der Waals surface area contributed by atoms with Gasteiger partial charge in [0.1, 0.15) is 5.69 Å². The fourth-order valence-electron chi connectivity index (χ4n) is 4.11. The molecule has 2 aromatic carbocycles. The minimum Gasteiger partial charge on any atom is -0.320 e. The molecule has 1 amide bonds. The number of amides is 1. The Morgan fingerprint density at radius 2 is 1.82 bits per heavy atom. The van der Waals surface area contributed by atoms with Gasteiger partial charge in [-0.25, -0.2) is 17.7 Å². The summed E-state index contributed by atoms with van der Waals surface area (Å²) in [6, 6.07) is 16.0. The van der Waals surface area contributed by atoms with Crippen LogP contribution in [0.1, 0.15) is 53.2 Å². The zero-order valence-electron chi connectivity index (χ0n) is 19.0. The van der Waals surface area contributed by atoms with Gasteiger partial charge in [-0.3, -0.25) is 4.79 Å². The van der Waals surface area contributed by atoms with Crippen molar-refractivity contribution in [1.29, 1.82) is 0 Å². The van der Waals surface area contributed by atoms with Gasteiger partial charge >= 0.3 is 0 Å². The molecular weight excluding hydrogens is 454 g/mol. The number of anilines is 1. The van der Waals surface area contributed by atoms with Crippen molar-refractivity contribution < 1.29 is 13.2 Å². The standard InChI is InChI=1S/C25H29N3O3S2/c1-3-16-33(30,31)28-14-12-20(13-15-28)25-27-23(17-32-25)24(29)26-22-7-5-4-6-21(22)19-10-8-18(2)9-11-19/h4-11,17,20H,3,12-16H2,1-2H3,(H,26,29). The second kappa shape index (κ2) is 10.2. The van der Waals surface area contributed by atoms with Crippen LogP contribution in [0.25, 0.3) is 11.1 Å². The van der Waals surface area contributed by atoms with Crippen LogP contribution in [-0.4, -0.2) is 42.5 Å². The number of benzene rings is 2. The quantitative estimate of drug-likeness (QED) is 0.495. The number of hydrogen-bond acceptors (Lipinski definition) is 5. The summed E-state index contributed by atoms with van der Waals surface area (Å²) in [4.78, 5) is 17.6. The van der Waals surface area contributed by atoms with Gasteiger partial charge in [0.15, 0.2) is 0 Å². The van der Waals surface area contributed by atoms with Crippen LogP contribution in [0.2, 0.25) is 0 Å². The van der Waals surface area contributed by atoms with Gasteiger partial charge in [0.05, 0.1) is 10.8 Å². The highest BCUT2D eigenvalue weighted by atomic mass is 32.2. The van der Waals surface area contributed by atoms with Gasteiger partial charge < -0.3 is 5.32 Å². The lowest BCUT2D eigenvalue weighted by Crippen LogP contribution is -2.39. The summed E-state index contributed by atoms with van der Waals surface area (Å²) >= 11 is 1.48. The summed E-state index contributed by atoms with van der Waals surface area (Å²) in [6.45, 7) is 4.95. The number of rotatable bonds is 7. The first-order valence-corrected chi connectivity index (χ1v) is 13.8. The third kappa shape index (κ3) is 5.51. The minimum absolute atomic E-state index is 0.185. The summed E-state index contributed by atoms with van der Waals surface area (Å²) in [5.74, 6) is 0.146. The Balaban J connectivity index is 1.43. The van der Waals surface area contributed by atoms with E-state index in [1.165, 1.54) is 16.9 Å². The van der Waals surface area contributed by atoms with Crippen LogP contribution in [0.15, 0.2) is 53.9 Å². The predicted octanol–water partition coefficient (Wildman–Crippen LogP) is 5.29. The Bertz CT molecular complexity index is 1210. The monoisotopic (exact) mass is 483 g/mol. The average molecular weight is 484 g/mol.